The van der Waals surface area contributed by atoms with Gasteiger partial charge in [0.25, 0.3) is 0 Å². The van der Waals surface area contributed by atoms with Gasteiger partial charge in [-0.1, -0.05) is 62.0 Å². The molecule has 0 N–H and O–H groups in total. The van der Waals surface area contributed by atoms with E-state index in [1.165, 1.54) is 10.8 Å². The van der Waals surface area contributed by atoms with Crippen molar-refractivity contribution in [1.29, 1.82) is 0 Å². The van der Waals surface area contributed by atoms with Gasteiger partial charge >= 0.3 is 0 Å². The number of nitrogens with zero attached hydrogens (tertiary/aromatic N) is 2. The minimum atomic E-state index is 0. The summed E-state index contributed by atoms with van der Waals surface area (Å²) in [5, 5.41) is 2.38. The zero-order chi connectivity index (χ0) is 18.4. The molecule has 0 unspecified atom stereocenters. The van der Waals surface area contributed by atoms with Gasteiger partial charge in [-0.05, 0) is 16.5 Å². The van der Waals surface area contributed by atoms with E-state index in [-0.39, 0.29) is 31.8 Å². The second kappa shape index (κ2) is 9.96. The van der Waals surface area contributed by atoms with Crippen LogP contribution < -0.4 is 4.98 Å². The summed E-state index contributed by atoms with van der Waals surface area (Å²) in [5.41, 5.74) is 2.59. The molecule has 0 saturated heterocycles. The molecule has 3 nitrogen and oxygen atoms in total. The zero-order valence-electron chi connectivity index (χ0n) is 15.2. The molecule has 2 heterocycles. The third-order valence-electron chi connectivity index (χ3n) is 3.95. The van der Waals surface area contributed by atoms with Crippen LogP contribution in [0.2, 0.25) is 0 Å². The fraction of sp³-hybridized carbons (Fsp3) is 0.130. The van der Waals surface area contributed by atoms with Gasteiger partial charge in [0.2, 0.25) is 0 Å². The number of benzene rings is 2. The van der Waals surface area contributed by atoms with Crippen molar-refractivity contribution in [2.24, 2.45) is 5.92 Å². The third kappa shape index (κ3) is 5.46. The number of hydrogen-bond donors (Lipinski definition) is 0. The largest absolute Gasteiger partial charge is 0.661 e. The van der Waals surface area contributed by atoms with Gasteiger partial charge in [0.05, 0.1) is 0 Å². The van der Waals surface area contributed by atoms with Crippen LogP contribution in [-0.4, -0.2) is 10.8 Å². The summed E-state index contributed by atoms with van der Waals surface area (Å²) in [6, 6.07) is 24.9. The van der Waals surface area contributed by atoms with Gasteiger partial charge in [0.1, 0.15) is 5.78 Å². The Bertz CT molecular complexity index is 980. The molecule has 4 aromatic rings. The van der Waals surface area contributed by atoms with E-state index >= 15 is 0 Å². The molecule has 0 saturated carbocycles. The predicted octanol–water partition coefficient (Wildman–Crippen LogP) is 5.18. The predicted molar refractivity (Wildman–Crippen MR) is 105 cm³/mol. The first kappa shape index (κ1) is 20.8. The monoisotopic (exact) mass is 533 g/mol. The molecule has 4 heteroatoms. The molecule has 139 valence electrons. The third-order valence-corrected chi connectivity index (χ3v) is 3.95. The van der Waals surface area contributed by atoms with Gasteiger partial charge in [0, 0.05) is 32.2 Å². The summed E-state index contributed by atoms with van der Waals surface area (Å²) < 4.78 is 0. The second-order valence-electron chi connectivity index (χ2n) is 6.23. The van der Waals surface area contributed by atoms with Crippen LogP contribution in [0.1, 0.15) is 24.3 Å². The molecule has 0 amide bonds. The number of carbonyl (C=O) groups excluding carboxylic acids is 1. The summed E-state index contributed by atoms with van der Waals surface area (Å²) in [6.45, 7) is 3.74. The Labute approximate surface area is 173 Å². The standard InChI is InChI=1S/C15H10N.C8H11NO.Ir/c1-2-6-12(7-3-1)15-10-13-8-4-5-9-14(13)11-16-15;1-6(2)8(10)7-4-3-5-9-7;/h1-6,8-11H;3-6H,1-2H3,(H,9,10);/q-1;;/p-1. The molecular weight excluding hydrogens is 512 g/mol. The Balaban J connectivity index is 0.000000208. The Morgan fingerprint density at radius 3 is 2.37 bits per heavy atom. The van der Waals surface area contributed by atoms with Crippen LogP contribution in [0.25, 0.3) is 22.0 Å². The van der Waals surface area contributed by atoms with Crippen LogP contribution >= 0.6 is 0 Å². The number of ketones is 1. The maximum atomic E-state index is 11.1. The van der Waals surface area contributed by atoms with E-state index in [2.05, 4.69) is 34.2 Å². The fourth-order valence-corrected chi connectivity index (χ4v) is 2.53. The number of aromatic nitrogens is 2. The van der Waals surface area contributed by atoms with Crippen LogP contribution in [0.15, 0.2) is 79.1 Å². The summed E-state index contributed by atoms with van der Waals surface area (Å²) in [6.07, 6.45) is 3.54. The molecule has 0 fully saturated rings. The van der Waals surface area contributed by atoms with E-state index in [0.717, 1.165) is 11.3 Å². The van der Waals surface area contributed by atoms with Crippen LogP contribution in [0.4, 0.5) is 0 Å². The van der Waals surface area contributed by atoms with Crippen LogP contribution in [0.3, 0.4) is 0 Å². The number of hydrogen-bond acceptors (Lipinski definition) is 2. The Morgan fingerprint density at radius 1 is 1.00 bits per heavy atom. The molecule has 0 spiro atoms. The van der Waals surface area contributed by atoms with Gasteiger partial charge in [0.15, 0.2) is 0 Å². The topological polar surface area (TPSA) is 44.1 Å². The SMILES string of the molecule is CC(C)C(=O)c1ccc[n-]1.[Ir].[c-]1ccccc1-c1cc2ccccc2cn1. The quantitative estimate of drug-likeness (QED) is 0.270. The summed E-state index contributed by atoms with van der Waals surface area (Å²) in [4.78, 5) is 19.5. The van der Waals surface area contributed by atoms with Gasteiger partial charge in [-0.25, -0.2) is 0 Å². The van der Waals surface area contributed by atoms with Crippen LogP contribution in [0.5, 0.6) is 0 Å². The van der Waals surface area contributed by atoms with E-state index in [1.54, 1.807) is 18.3 Å². The second-order valence-corrected chi connectivity index (χ2v) is 6.23. The van der Waals surface area contributed by atoms with Crippen LogP contribution in [0, 0.1) is 12.0 Å². The van der Waals surface area contributed by atoms with E-state index in [1.807, 2.05) is 56.4 Å². The zero-order valence-corrected chi connectivity index (χ0v) is 17.6. The number of Topliss-reactive ketones (excluding diaryl/α,β-unsaturated/α-hetero) is 1. The van der Waals surface area contributed by atoms with Crippen molar-refractivity contribution < 1.29 is 24.9 Å². The van der Waals surface area contributed by atoms with Crippen molar-refractivity contribution in [1.82, 2.24) is 9.97 Å². The number of fused-ring (bicyclic) bond motifs is 1. The molecule has 0 atom stereocenters. The average molecular weight is 533 g/mol. The normalized spacial score (nSPS) is 10.0. The van der Waals surface area contributed by atoms with Crippen LogP contribution in [-0.2, 0) is 20.1 Å². The molecular formula is C23H20IrN2O-2. The summed E-state index contributed by atoms with van der Waals surface area (Å²) in [5.74, 6) is 0.167. The molecule has 2 aromatic carbocycles. The number of rotatable bonds is 3. The molecule has 0 aliphatic rings. The Morgan fingerprint density at radius 2 is 1.74 bits per heavy atom. The summed E-state index contributed by atoms with van der Waals surface area (Å²) >= 11 is 0. The van der Waals surface area contributed by atoms with Gasteiger partial charge in [-0.3, -0.25) is 4.79 Å². The maximum Gasteiger partial charge on any atom is 0.143 e. The fourth-order valence-electron chi connectivity index (χ4n) is 2.53. The van der Waals surface area contributed by atoms with E-state index < -0.39 is 0 Å². The van der Waals surface area contributed by atoms with Crippen molar-refractivity contribution in [2.75, 3.05) is 0 Å². The van der Waals surface area contributed by atoms with Crippen molar-refractivity contribution in [3.8, 4) is 11.3 Å². The van der Waals surface area contributed by atoms with Gasteiger partial charge in [-0.15, -0.1) is 35.9 Å². The van der Waals surface area contributed by atoms with Crippen molar-refractivity contribution in [3.05, 3.63) is 90.9 Å². The minimum absolute atomic E-state index is 0. The number of pyridine rings is 1. The number of carbonyl (C=O) groups is 1. The Hall–Kier alpha value is -2.55. The first-order chi connectivity index (χ1) is 12.6. The Kier molecular flexibility index (Phi) is 7.66. The maximum absolute atomic E-state index is 11.1. The smallest absolute Gasteiger partial charge is 0.143 e. The minimum Gasteiger partial charge on any atom is -0.661 e. The van der Waals surface area contributed by atoms with Gasteiger partial charge < -0.3 is 9.97 Å². The molecule has 4 rings (SSSR count). The van der Waals surface area contributed by atoms with Crippen molar-refractivity contribution >= 4 is 16.6 Å². The van der Waals surface area contributed by atoms with E-state index in [0.29, 0.717) is 5.69 Å². The molecule has 0 bridgehead atoms. The van der Waals surface area contributed by atoms with E-state index in [9.17, 15) is 4.79 Å². The first-order valence-corrected chi connectivity index (χ1v) is 8.59. The average Bonchev–Trinajstić information content (AvgIpc) is 3.23. The first-order valence-electron chi connectivity index (χ1n) is 8.59. The summed E-state index contributed by atoms with van der Waals surface area (Å²) in [7, 11) is 0. The molecule has 1 radical (unpaired) electrons. The molecule has 0 aliphatic heterocycles. The molecule has 0 aliphatic carbocycles. The van der Waals surface area contributed by atoms with E-state index in [4.69, 9.17) is 0 Å². The molecule has 27 heavy (non-hydrogen) atoms. The molecule has 2 aromatic heterocycles. The van der Waals surface area contributed by atoms with Crippen molar-refractivity contribution in [2.45, 2.75) is 13.8 Å². The van der Waals surface area contributed by atoms with Gasteiger partial charge in [-0.2, -0.15) is 6.20 Å². The van der Waals surface area contributed by atoms with Crippen molar-refractivity contribution in [3.63, 3.8) is 0 Å².